The van der Waals surface area contributed by atoms with E-state index in [1.165, 1.54) is 0 Å². The number of aromatic nitrogens is 3. The standard InChI is InChI=1S/C20H20N4O2/c25-19(14-24-4-6-26-7-5-24)10-18-8-16-9-20(15-2-1-3-21-11-15)23-13-17(16)12-22-18/h1-3,8-9,11-13H,4-7,10,14H2. The van der Waals surface area contributed by atoms with Crippen molar-refractivity contribution in [2.45, 2.75) is 6.42 Å². The van der Waals surface area contributed by atoms with Crippen molar-refractivity contribution >= 4 is 16.6 Å². The fourth-order valence-electron chi connectivity index (χ4n) is 3.12. The lowest BCUT2D eigenvalue weighted by atomic mass is 10.1. The molecule has 26 heavy (non-hydrogen) atoms. The number of carbonyl (C=O) groups is 1. The first-order valence-corrected chi connectivity index (χ1v) is 8.75. The summed E-state index contributed by atoms with van der Waals surface area (Å²) in [5.41, 5.74) is 2.62. The van der Waals surface area contributed by atoms with Gasteiger partial charge < -0.3 is 4.74 Å². The Morgan fingerprint density at radius 2 is 1.92 bits per heavy atom. The van der Waals surface area contributed by atoms with E-state index >= 15 is 0 Å². The van der Waals surface area contributed by atoms with Crippen LogP contribution in [-0.4, -0.2) is 58.5 Å². The molecule has 1 saturated heterocycles. The molecule has 6 nitrogen and oxygen atoms in total. The molecule has 1 aliphatic rings. The first-order valence-electron chi connectivity index (χ1n) is 8.75. The maximum absolute atomic E-state index is 12.4. The van der Waals surface area contributed by atoms with Crippen LogP contribution in [-0.2, 0) is 16.0 Å². The second-order valence-electron chi connectivity index (χ2n) is 6.44. The van der Waals surface area contributed by atoms with E-state index in [0.29, 0.717) is 26.2 Å². The van der Waals surface area contributed by atoms with Crippen molar-refractivity contribution < 1.29 is 9.53 Å². The third-order valence-electron chi connectivity index (χ3n) is 4.50. The van der Waals surface area contributed by atoms with Gasteiger partial charge in [0.2, 0.25) is 0 Å². The van der Waals surface area contributed by atoms with Crippen molar-refractivity contribution in [2.24, 2.45) is 0 Å². The monoisotopic (exact) mass is 348 g/mol. The fourth-order valence-corrected chi connectivity index (χ4v) is 3.12. The summed E-state index contributed by atoms with van der Waals surface area (Å²) in [4.78, 5) is 27.5. The Kier molecular flexibility index (Phi) is 4.95. The number of ketones is 1. The summed E-state index contributed by atoms with van der Waals surface area (Å²) in [5.74, 6) is 0.181. The van der Waals surface area contributed by atoms with E-state index in [1.54, 1.807) is 18.6 Å². The molecular weight excluding hydrogens is 328 g/mol. The van der Waals surface area contributed by atoms with E-state index in [9.17, 15) is 4.79 Å². The molecule has 132 valence electrons. The Bertz CT molecular complexity index is 908. The van der Waals surface area contributed by atoms with Crippen LogP contribution in [0.3, 0.4) is 0 Å². The molecule has 0 radical (unpaired) electrons. The number of nitrogens with zero attached hydrogens (tertiary/aromatic N) is 4. The third-order valence-corrected chi connectivity index (χ3v) is 4.50. The molecule has 3 aromatic rings. The zero-order valence-electron chi connectivity index (χ0n) is 14.5. The zero-order chi connectivity index (χ0) is 17.8. The van der Waals surface area contributed by atoms with E-state index in [0.717, 1.165) is 40.8 Å². The Morgan fingerprint density at radius 1 is 1.08 bits per heavy atom. The lowest BCUT2D eigenvalue weighted by molar-refractivity contribution is -0.120. The van der Waals surface area contributed by atoms with Crippen LogP contribution < -0.4 is 0 Å². The van der Waals surface area contributed by atoms with Gasteiger partial charge >= 0.3 is 0 Å². The highest BCUT2D eigenvalue weighted by Crippen LogP contribution is 2.21. The average Bonchev–Trinajstić information content (AvgIpc) is 2.69. The number of pyridine rings is 3. The maximum atomic E-state index is 12.4. The third kappa shape index (κ3) is 3.92. The number of hydrogen-bond acceptors (Lipinski definition) is 6. The van der Waals surface area contributed by atoms with Crippen LogP contribution in [0, 0.1) is 0 Å². The molecular formula is C20H20N4O2. The molecule has 0 spiro atoms. The van der Waals surface area contributed by atoms with Crippen molar-refractivity contribution in [1.29, 1.82) is 0 Å². The summed E-state index contributed by atoms with van der Waals surface area (Å²) in [6.45, 7) is 3.49. The minimum absolute atomic E-state index is 0.181. The Hall–Kier alpha value is -2.70. The van der Waals surface area contributed by atoms with Gasteiger partial charge in [0.1, 0.15) is 0 Å². The predicted molar refractivity (Wildman–Crippen MR) is 98.7 cm³/mol. The van der Waals surface area contributed by atoms with Gasteiger partial charge in [0.25, 0.3) is 0 Å². The van der Waals surface area contributed by atoms with E-state index in [2.05, 4.69) is 19.9 Å². The lowest BCUT2D eigenvalue weighted by Crippen LogP contribution is -2.39. The normalized spacial score (nSPS) is 15.2. The van der Waals surface area contributed by atoms with Crippen LogP contribution in [0.25, 0.3) is 22.0 Å². The van der Waals surface area contributed by atoms with Crippen LogP contribution in [0.1, 0.15) is 5.69 Å². The smallest absolute Gasteiger partial charge is 0.152 e. The number of rotatable bonds is 5. The van der Waals surface area contributed by atoms with Crippen LogP contribution in [0.15, 0.2) is 49.1 Å². The quantitative estimate of drug-likeness (QED) is 0.704. The molecule has 0 unspecified atom stereocenters. The number of hydrogen-bond donors (Lipinski definition) is 0. The second kappa shape index (κ2) is 7.68. The summed E-state index contributed by atoms with van der Waals surface area (Å²) in [5, 5.41) is 1.99. The van der Waals surface area contributed by atoms with Gasteiger partial charge in [-0.2, -0.15) is 0 Å². The molecule has 1 fully saturated rings. The highest BCUT2D eigenvalue weighted by molar-refractivity contribution is 5.87. The Labute approximate surface area is 151 Å². The molecule has 0 bridgehead atoms. The van der Waals surface area contributed by atoms with Crippen LogP contribution >= 0.6 is 0 Å². The zero-order valence-corrected chi connectivity index (χ0v) is 14.5. The topological polar surface area (TPSA) is 68.2 Å². The molecule has 6 heteroatoms. The molecule has 4 rings (SSSR count). The summed E-state index contributed by atoms with van der Waals surface area (Å²) >= 11 is 0. The Morgan fingerprint density at radius 3 is 2.73 bits per heavy atom. The van der Waals surface area contributed by atoms with Crippen LogP contribution in [0.5, 0.6) is 0 Å². The van der Waals surface area contributed by atoms with Crippen molar-refractivity contribution in [1.82, 2.24) is 19.9 Å². The molecule has 0 aromatic carbocycles. The molecule has 0 aliphatic carbocycles. The molecule has 4 heterocycles. The van der Waals surface area contributed by atoms with Crippen molar-refractivity contribution in [3.05, 3.63) is 54.7 Å². The summed E-state index contributed by atoms with van der Waals surface area (Å²) < 4.78 is 5.32. The van der Waals surface area contributed by atoms with E-state index in [4.69, 9.17) is 4.74 Å². The maximum Gasteiger partial charge on any atom is 0.152 e. The minimum atomic E-state index is 0.181. The summed E-state index contributed by atoms with van der Waals surface area (Å²) in [6.07, 6.45) is 7.48. The first kappa shape index (κ1) is 16.8. The Balaban J connectivity index is 1.51. The fraction of sp³-hybridized carbons (Fsp3) is 0.300. The van der Waals surface area contributed by atoms with E-state index in [1.807, 2.05) is 30.5 Å². The van der Waals surface area contributed by atoms with E-state index < -0.39 is 0 Å². The van der Waals surface area contributed by atoms with E-state index in [-0.39, 0.29) is 5.78 Å². The molecule has 3 aromatic heterocycles. The van der Waals surface area contributed by atoms with Crippen molar-refractivity contribution in [2.75, 3.05) is 32.8 Å². The van der Waals surface area contributed by atoms with Gasteiger partial charge in [-0.05, 0) is 29.7 Å². The van der Waals surface area contributed by atoms with Gasteiger partial charge in [0.05, 0.1) is 31.9 Å². The summed E-state index contributed by atoms with van der Waals surface area (Å²) in [7, 11) is 0. The van der Waals surface area contributed by atoms with Crippen LogP contribution in [0.2, 0.25) is 0 Å². The van der Waals surface area contributed by atoms with Gasteiger partial charge in [0, 0.05) is 54.5 Å². The van der Waals surface area contributed by atoms with Crippen LogP contribution in [0.4, 0.5) is 0 Å². The highest BCUT2D eigenvalue weighted by Gasteiger charge is 2.15. The molecule has 0 amide bonds. The highest BCUT2D eigenvalue weighted by atomic mass is 16.5. The molecule has 0 saturated carbocycles. The number of ether oxygens (including phenoxy) is 1. The lowest BCUT2D eigenvalue weighted by Gasteiger charge is -2.25. The minimum Gasteiger partial charge on any atom is -0.379 e. The SMILES string of the molecule is O=C(Cc1cc2cc(-c3cccnc3)ncc2cn1)CN1CCOCC1. The largest absolute Gasteiger partial charge is 0.379 e. The second-order valence-corrected chi connectivity index (χ2v) is 6.44. The molecule has 1 aliphatic heterocycles. The van der Waals surface area contributed by atoms with Gasteiger partial charge in [-0.3, -0.25) is 24.6 Å². The number of fused-ring (bicyclic) bond motifs is 1. The number of carbonyl (C=O) groups excluding carboxylic acids is 1. The van der Waals surface area contributed by atoms with Gasteiger partial charge in [0.15, 0.2) is 5.78 Å². The van der Waals surface area contributed by atoms with Crippen molar-refractivity contribution in [3.8, 4) is 11.3 Å². The van der Waals surface area contributed by atoms with Crippen molar-refractivity contribution in [3.63, 3.8) is 0 Å². The molecule has 0 atom stereocenters. The van der Waals surface area contributed by atoms with Gasteiger partial charge in [-0.15, -0.1) is 0 Å². The predicted octanol–water partition coefficient (Wildman–Crippen LogP) is 2.14. The van der Waals surface area contributed by atoms with Gasteiger partial charge in [-0.25, -0.2) is 0 Å². The molecule has 0 N–H and O–H groups in total. The first-order chi connectivity index (χ1) is 12.8. The number of Topliss-reactive ketones (excluding diaryl/α,β-unsaturated/α-hetero) is 1. The average molecular weight is 348 g/mol. The summed E-state index contributed by atoms with van der Waals surface area (Å²) in [6, 6.07) is 7.87. The number of morpholine rings is 1. The van der Waals surface area contributed by atoms with Gasteiger partial charge in [-0.1, -0.05) is 0 Å².